The van der Waals surface area contributed by atoms with Crippen LogP contribution in [0.25, 0.3) is 0 Å². The van der Waals surface area contributed by atoms with Gasteiger partial charge in [0.15, 0.2) is 0 Å². The zero-order valence-corrected chi connectivity index (χ0v) is 15.9. The lowest BCUT2D eigenvalue weighted by Crippen LogP contribution is -2.44. The topological polar surface area (TPSA) is 53.2 Å². The number of benzene rings is 2. The standard InChI is InChI=1S/C23H26FN3O/c24-21-19-9-10-25-13-18(19)7-8-20(21)26-23(28)27-22-16-5-6-17(22)12-15-4-2-1-3-14(15)11-16/h1-4,7-8,16-17,22,25H,5-6,9-13H2,(H2,26,27,28). The molecule has 2 aliphatic carbocycles. The Morgan fingerprint density at radius 2 is 1.71 bits per heavy atom. The van der Waals surface area contributed by atoms with Gasteiger partial charge >= 0.3 is 6.03 Å². The Morgan fingerprint density at radius 1 is 1.00 bits per heavy atom. The highest BCUT2D eigenvalue weighted by Gasteiger charge is 2.39. The summed E-state index contributed by atoms with van der Waals surface area (Å²) in [6.45, 7) is 1.45. The summed E-state index contributed by atoms with van der Waals surface area (Å²) >= 11 is 0. The molecule has 1 heterocycles. The second-order valence-corrected chi connectivity index (χ2v) is 8.39. The van der Waals surface area contributed by atoms with Gasteiger partial charge in [-0.15, -0.1) is 0 Å². The van der Waals surface area contributed by atoms with Gasteiger partial charge in [-0.3, -0.25) is 0 Å². The molecule has 2 amide bonds. The van der Waals surface area contributed by atoms with Gasteiger partial charge in [0.25, 0.3) is 0 Å². The molecule has 5 heteroatoms. The molecule has 1 fully saturated rings. The third-order valence-corrected chi connectivity index (χ3v) is 6.76. The number of urea groups is 1. The third-order valence-electron chi connectivity index (χ3n) is 6.76. The van der Waals surface area contributed by atoms with E-state index < -0.39 is 0 Å². The molecule has 28 heavy (non-hydrogen) atoms. The number of anilines is 1. The predicted molar refractivity (Wildman–Crippen MR) is 108 cm³/mol. The first-order valence-electron chi connectivity index (χ1n) is 10.3. The van der Waals surface area contributed by atoms with Gasteiger partial charge in [0, 0.05) is 12.6 Å². The maximum absolute atomic E-state index is 14.8. The van der Waals surface area contributed by atoms with Crippen molar-refractivity contribution in [3.63, 3.8) is 0 Å². The highest BCUT2D eigenvalue weighted by atomic mass is 19.1. The molecule has 2 aromatic carbocycles. The molecule has 2 aromatic rings. The summed E-state index contributed by atoms with van der Waals surface area (Å²) in [7, 11) is 0. The van der Waals surface area contributed by atoms with Gasteiger partial charge < -0.3 is 16.0 Å². The van der Waals surface area contributed by atoms with Crippen LogP contribution in [0.15, 0.2) is 36.4 Å². The van der Waals surface area contributed by atoms with E-state index in [1.165, 1.54) is 11.1 Å². The number of rotatable bonds is 2. The van der Waals surface area contributed by atoms with Crippen molar-refractivity contribution >= 4 is 11.7 Å². The van der Waals surface area contributed by atoms with E-state index in [2.05, 4.69) is 40.2 Å². The number of hydrogen-bond donors (Lipinski definition) is 3. The maximum atomic E-state index is 14.8. The number of amides is 2. The first-order valence-corrected chi connectivity index (χ1v) is 10.3. The minimum Gasteiger partial charge on any atom is -0.335 e. The van der Waals surface area contributed by atoms with E-state index in [0.29, 0.717) is 24.8 Å². The van der Waals surface area contributed by atoms with Crippen LogP contribution in [0.5, 0.6) is 0 Å². The number of carbonyl (C=O) groups excluding carboxylic acids is 1. The van der Waals surface area contributed by atoms with Crippen LogP contribution in [-0.2, 0) is 25.8 Å². The smallest absolute Gasteiger partial charge is 0.319 e. The minimum absolute atomic E-state index is 0.150. The highest BCUT2D eigenvalue weighted by Crippen LogP contribution is 2.40. The fourth-order valence-corrected chi connectivity index (χ4v) is 5.33. The molecule has 5 rings (SSSR count). The van der Waals surface area contributed by atoms with E-state index in [1.807, 2.05) is 6.07 Å². The number of halogens is 1. The van der Waals surface area contributed by atoms with Crippen molar-refractivity contribution in [2.75, 3.05) is 11.9 Å². The molecular formula is C23H26FN3O. The van der Waals surface area contributed by atoms with E-state index in [0.717, 1.165) is 43.4 Å². The van der Waals surface area contributed by atoms with E-state index in [-0.39, 0.29) is 23.6 Å². The van der Waals surface area contributed by atoms with Crippen LogP contribution in [-0.4, -0.2) is 18.6 Å². The Morgan fingerprint density at radius 3 is 2.43 bits per heavy atom. The average Bonchev–Trinajstić information content (AvgIpc) is 2.98. The summed E-state index contributed by atoms with van der Waals surface area (Å²) in [6, 6.07) is 12.1. The lowest BCUT2D eigenvalue weighted by Gasteiger charge is -2.24. The normalized spacial score (nSPS) is 25.4. The largest absolute Gasteiger partial charge is 0.335 e. The molecule has 146 valence electrons. The number of nitrogens with one attached hydrogen (secondary N) is 3. The molecule has 3 aliphatic rings. The van der Waals surface area contributed by atoms with Gasteiger partial charge in [-0.25, -0.2) is 9.18 Å². The zero-order chi connectivity index (χ0) is 19.1. The van der Waals surface area contributed by atoms with E-state index in [1.54, 1.807) is 6.07 Å². The molecule has 0 spiro atoms. The van der Waals surface area contributed by atoms with Gasteiger partial charge in [-0.1, -0.05) is 30.3 Å². The van der Waals surface area contributed by atoms with Crippen LogP contribution in [0, 0.1) is 17.7 Å². The van der Waals surface area contributed by atoms with Crippen molar-refractivity contribution in [2.45, 2.75) is 44.7 Å². The minimum atomic E-state index is -0.291. The Hall–Kier alpha value is -2.40. The molecule has 0 saturated heterocycles. The lowest BCUT2D eigenvalue weighted by atomic mass is 9.94. The van der Waals surface area contributed by atoms with Gasteiger partial charge in [0.05, 0.1) is 5.69 Å². The van der Waals surface area contributed by atoms with Crippen molar-refractivity contribution in [2.24, 2.45) is 11.8 Å². The molecule has 2 bridgehead atoms. The second-order valence-electron chi connectivity index (χ2n) is 8.39. The monoisotopic (exact) mass is 379 g/mol. The summed E-state index contributed by atoms with van der Waals surface area (Å²) in [6.07, 6.45) is 4.97. The van der Waals surface area contributed by atoms with Crippen molar-refractivity contribution < 1.29 is 9.18 Å². The maximum Gasteiger partial charge on any atom is 0.319 e. The predicted octanol–water partition coefficient (Wildman–Crippen LogP) is 3.79. The summed E-state index contributed by atoms with van der Waals surface area (Å²) in [4.78, 5) is 12.7. The number of hydrogen-bond acceptors (Lipinski definition) is 2. The second kappa shape index (κ2) is 7.21. The molecular weight excluding hydrogens is 353 g/mol. The molecule has 0 radical (unpaired) electrons. The van der Waals surface area contributed by atoms with Crippen molar-refractivity contribution in [1.82, 2.24) is 10.6 Å². The van der Waals surface area contributed by atoms with Gasteiger partial charge in [-0.2, -0.15) is 0 Å². The molecule has 3 N–H and O–H groups in total. The van der Waals surface area contributed by atoms with E-state index >= 15 is 0 Å². The first kappa shape index (κ1) is 17.7. The van der Waals surface area contributed by atoms with Crippen LogP contribution in [0.3, 0.4) is 0 Å². The Labute approximate surface area is 164 Å². The Kier molecular flexibility index (Phi) is 4.55. The Balaban J connectivity index is 1.30. The quantitative estimate of drug-likeness (QED) is 0.744. The van der Waals surface area contributed by atoms with Crippen molar-refractivity contribution in [1.29, 1.82) is 0 Å². The zero-order valence-electron chi connectivity index (χ0n) is 15.9. The molecule has 2 atom stereocenters. The van der Waals surface area contributed by atoms with Crippen LogP contribution < -0.4 is 16.0 Å². The average molecular weight is 379 g/mol. The third kappa shape index (κ3) is 3.18. The van der Waals surface area contributed by atoms with Gasteiger partial charge in [0.2, 0.25) is 0 Å². The van der Waals surface area contributed by atoms with Gasteiger partial charge in [0.1, 0.15) is 5.82 Å². The van der Waals surface area contributed by atoms with Crippen LogP contribution >= 0.6 is 0 Å². The fourth-order valence-electron chi connectivity index (χ4n) is 5.33. The van der Waals surface area contributed by atoms with E-state index in [9.17, 15) is 9.18 Å². The fraction of sp³-hybridized carbons (Fsp3) is 0.435. The highest BCUT2D eigenvalue weighted by molar-refractivity contribution is 5.90. The van der Waals surface area contributed by atoms with Crippen LogP contribution in [0.1, 0.15) is 35.1 Å². The van der Waals surface area contributed by atoms with E-state index in [4.69, 9.17) is 0 Å². The Bertz CT molecular complexity index is 880. The van der Waals surface area contributed by atoms with Crippen LogP contribution in [0.2, 0.25) is 0 Å². The van der Waals surface area contributed by atoms with Gasteiger partial charge in [-0.05, 0) is 78.8 Å². The summed E-state index contributed by atoms with van der Waals surface area (Å²) in [5.41, 5.74) is 4.81. The molecule has 1 saturated carbocycles. The molecule has 2 unspecified atom stereocenters. The summed E-state index contributed by atoms with van der Waals surface area (Å²) in [5.74, 6) is 0.628. The SMILES string of the molecule is O=C(Nc1ccc2c(c1F)CCNC2)NC1C2CCC1Cc1ccccc1C2. The molecule has 0 aromatic heterocycles. The number of carbonyl (C=O) groups is 1. The lowest BCUT2D eigenvalue weighted by molar-refractivity contribution is 0.240. The van der Waals surface area contributed by atoms with Crippen molar-refractivity contribution in [3.05, 3.63) is 64.5 Å². The van der Waals surface area contributed by atoms with Crippen molar-refractivity contribution in [3.8, 4) is 0 Å². The number of fused-ring (bicyclic) bond motifs is 4. The molecule has 4 nitrogen and oxygen atoms in total. The first-order chi connectivity index (χ1) is 13.7. The summed E-state index contributed by atoms with van der Waals surface area (Å²) in [5, 5.41) is 9.20. The molecule has 1 aliphatic heterocycles. The van der Waals surface area contributed by atoms with Crippen LogP contribution in [0.4, 0.5) is 14.9 Å². The summed E-state index contributed by atoms with van der Waals surface area (Å²) < 4.78 is 14.8.